The van der Waals surface area contributed by atoms with Crippen LogP contribution in [0.3, 0.4) is 0 Å². The van der Waals surface area contributed by atoms with Crippen LogP contribution in [-0.4, -0.2) is 45.4 Å². The molecular weight excluding hydrogens is 310 g/mol. The van der Waals surface area contributed by atoms with Crippen LogP contribution in [0.4, 0.5) is 4.79 Å². The average molecular weight is 341 g/mol. The molecule has 0 aromatic carbocycles. The summed E-state index contributed by atoms with van der Waals surface area (Å²) in [5, 5.41) is 10.1. The maximum Gasteiger partial charge on any atom is 0.415 e. The summed E-state index contributed by atoms with van der Waals surface area (Å²) in [4.78, 5) is 26.6. The minimum absolute atomic E-state index is 0.0986. The summed E-state index contributed by atoms with van der Waals surface area (Å²) in [5.41, 5.74) is -0.752. The fourth-order valence-electron chi connectivity index (χ4n) is 2.49. The number of ether oxygens (including phenoxy) is 2. The highest BCUT2D eigenvalue weighted by Gasteiger charge is 2.41. The minimum Gasteiger partial charge on any atom is -0.458 e. The Morgan fingerprint density at radius 1 is 1.17 bits per heavy atom. The van der Waals surface area contributed by atoms with Gasteiger partial charge in [-0.15, -0.1) is 0 Å². The Kier molecular flexibility index (Phi) is 6.45. The molecule has 0 aromatic rings. The Bertz CT molecular complexity index is 499. The second-order valence-corrected chi connectivity index (χ2v) is 8.11. The molecule has 24 heavy (non-hydrogen) atoms. The molecule has 0 radical (unpaired) electrons. The molecular formula is C18H31NO5. The molecule has 1 rings (SSSR count). The summed E-state index contributed by atoms with van der Waals surface area (Å²) >= 11 is 0. The van der Waals surface area contributed by atoms with Crippen LogP contribution in [0.5, 0.6) is 0 Å². The topological polar surface area (TPSA) is 76.1 Å². The lowest BCUT2D eigenvalue weighted by molar-refractivity contribution is -0.162. The van der Waals surface area contributed by atoms with E-state index >= 15 is 0 Å². The first-order valence-corrected chi connectivity index (χ1v) is 8.48. The molecule has 0 bridgehead atoms. The smallest absolute Gasteiger partial charge is 0.415 e. The van der Waals surface area contributed by atoms with Gasteiger partial charge >= 0.3 is 12.1 Å². The monoisotopic (exact) mass is 341 g/mol. The Labute approximate surface area is 144 Å². The Balaban J connectivity index is 3.15. The summed E-state index contributed by atoms with van der Waals surface area (Å²) in [5.74, 6) is -0.533. The molecule has 0 aromatic heterocycles. The van der Waals surface area contributed by atoms with Crippen LogP contribution in [0.1, 0.15) is 67.7 Å². The molecule has 138 valence electrons. The molecule has 0 saturated carbocycles. The number of esters is 1. The summed E-state index contributed by atoms with van der Waals surface area (Å²) in [6, 6.07) is -0.888. The van der Waals surface area contributed by atoms with Crippen molar-refractivity contribution in [3.8, 4) is 0 Å². The number of carbonyl (C=O) groups excluding carboxylic acids is 2. The Morgan fingerprint density at radius 2 is 1.71 bits per heavy atom. The zero-order valence-corrected chi connectivity index (χ0v) is 15.9. The number of rotatable bonds is 3. The third-order valence-electron chi connectivity index (χ3n) is 3.25. The zero-order valence-electron chi connectivity index (χ0n) is 15.9. The number of aliphatic hydroxyl groups excluding tert-OH is 1. The van der Waals surface area contributed by atoms with E-state index in [2.05, 4.69) is 0 Å². The van der Waals surface area contributed by atoms with Crippen LogP contribution in [0.2, 0.25) is 0 Å². The van der Waals surface area contributed by atoms with E-state index in [1.54, 1.807) is 47.6 Å². The molecule has 0 aliphatic carbocycles. The number of hydrogen-bond donors (Lipinski definition) is 1. The molecule has 0 fully saturated rings. The number of nitrogens with zero attached hydrogens (tertiary/aromatic N) is 1. The maximum absolute atomic E-state index is 12.7. The lowest BCUT2D eigenvalue weighted by Gasteiger charge is -2.38. The van der Waals surface area contributed by atoms with E-state index in [9.17, 15) is 14.7 Å². The van der Waals surface area contributed by atoms with Crippen LogP contribution in [-0.2, 0) is 14.3 Å². The van der Waals surface area contributed by atoms with Crippen LogP contribution >= 0.6 is 0 Å². The molecule has 1 aliphatic rings. The quantitative estimate of drug-likeness (QED) is 0.796. The summed E-state index contributed by atoms with van der Waals surface area (Å²) in [6.45, 7) is 12.6. The second-order valence-electron chi connectivity index (χ2n) is 8.11. The fraction of sp³-hybridized carbons (Fsp3) is 0.778. The zero-order chi connectivity index (χ0) is 18.7. The molecule has 0 saturated heterocycles. The number of hydrogen-bond acceptors (Lipinski definition) is 5. The number of amides is 1. The van der Waals surface area contributed by atoms with Crippen LogP contribution in [0.15, 0.2) is 11.8 Å². The van der Waals surface area contributed by atoms with Crippen molar-refractivity contribution in [3.05, 3.63) is 11.8 Å². The minimum atomic E-state index is -0.888. The van der Waals surface area contributed by atoms with Gasteiger partial charge in [-0.05, 0) is 54.0 Å². The van der Waals surface area contributed by atoms with Gasteiger partial charge in [0.2, 0.25) is 0 Å². The first-order chi connectivity index (χ1) is 10.8. The van der Waals surface area contributed by atoms with Gasteiger partial charge in [-0.2, -0.15) is 0 Å². The van der Waals surface area contributed by atoms with Gasteiger partial charge in [0.25, 0.3) is 0 Å². The van der Waals surface area contributed by atoms with E-state index in [0.29, 0.717) is 12.1 Å². The third kappa shape index (κ3) is 6.15. The molecule has 6 heteroatoms. The van der Waals surface area contributed by atoms with Crippen LogP contribution in [0.25, 0.3) is 0 Å². The summed E-state index contributed by atoms with van der Waals surface area (Å²) in [7, 11) is 0. The SMILES string of the molecule is CCCC1=C[C@H](O)C[C@@H](C(=O)OC(C)(C)C)N1C(=O)OC(C)(C)C. The number of carbonyl (C=O) groups is 2. The maximum atomic E-state index is 12.7. The Morgan fingerprint density at radius 3 is 2.17 bits per heavy atom. The summed E-state index contributed by atoms with van der Waals surface area (Å²) in [6.07, 6.45) is 1.68. The first-order valence-electron chi connectivity index (χ1n) is 8.48. The van der Waals surface area contributed by atoms with Crippen LogP contribution in [0, 0.1) is 0 Å². The van der Waals surface area contributed by atoms with Crippen molar-refractivity contribution in [2.75, 3.05) is 0 Å². The van der Waals surface area contributed by atoms with E-state index in [1.165, 1.54) is 4.90 Å². The molecule has 1 amide bonds. The molecule has 1 aliphatic heterocycles. The Hall–Kier alpha value is -1.56. The van der Waals surface area contributed by atoms with Crippen molar-refractivity contribution in [2.45, 2.75) is 91.1 Å². The highest BCUT2D eigenvalue weighted by atomic mass is 16.6. The van der Waals surface area contributed by atoms with E-state index < -0.39 is 35.4 Å². The molecule has 6 nitrogen and oxygen atoms in total. The predicted octanol–water partition coefficient (Wildman–Crippen LogP) is 3.38. The third-order valence-corrected chi connectivity index (χ3v) is 3.25. The van der Waals surface area contributed by atoms with Crippen molar-refractivity contribution >= 4 is 12.1 Å². The van der Waals surface area contributed by atoms with Gasteiger partial charge in [0, 0.05) is 12.1 Å². The van der Waals surface area contributed by atoms with Crippen LogP contribution < -0.4 is 0 Å². The number of allylic oxidation sites excluding steroid dienone is 1. The van der Waals surface area contributed by atoms with Gasteiger partial charge in [0.1, 0.15) is 17.2 Å². The first kappa shape index (κ1) is 20.5. The molecule has 0 spiro atoms. The fourth-order valence-corrected chi connectivity index (χ4v) is 2.49. The van der Waals surface area contributed by atoms with E-state index in [4.69, 9.17) is 9.47 Å². The standard InChI is InChI=1S/C18H31NO5/c1-8-9-12-10-13(20)11-14(15(21)23-17(2,3)4)19(12)16(22)24-18(5,6)7/h10,13-14,20H,8-9,11H2,1-7H3/t13-,14-/m0/s1. The molecule has 1 N–H and O–H groups in total. The van der Waals surface area contributed by atoms with E-state index in [1.807, 2.05) is 6.92 Å². The predicted molar refractivity (Wildman–Crippen MR) is 91.3 cm³/mol. The van der Waals surface area contributed by atoms with E-state index in [-0.39, 0.29) is 6.42 Å². The van der Waals surface area contributed by atoms with Crippen molar-refractivity contribution < 1.29 is 24.2 Å². The van der Waals surface area contributed by atoms with Gasteiger partial charge in [-0.25, -0.2) is 9.59 Å². The van der Waals surface area contributed by atoms with Gasteiger partial charge in [-0.3, -0.25) is 4.90 Å². The van der Waals surface area contributed by atoms with Crippen molar-refractivity contribution in [2.24, 2.45) is 0 Å². The molecule has 1 heterocycles. The van der Waals surface area contributed by atoms with Crippen molar-refractivity contribution in [1.82, 2.24) is 4.90 Å². The van der Waals surface area contributed by atoms with Gasteiger partial charge in [0.15, 0.2) is 0 Å². The second kappa shape index (κ2) is 7.55. The lowest BCUT2D eigenvalue weighted by atomic mass is 9.98. The molecule has 2 atom stereocenters. The van der Waals surface area contributed by atoms with Gasteiger partial charge in [0.05, 0.1) is 6.10 Å². The highest BCUT2D eigenvalue weighted by Crippen LogP contribution is 2.29. The molecule has 0 unspecified atom stereocenters. The number of aliphatic hydroxyl groups is 1. The average Bonchev–Trinajstić information content (AvgIpc) is 2.33. The van der Waals surface area contributed by atoms with Crippen molar-refractivity contribution in [3.63, 3.8) is 0 Å². The van der Waals surface area contributed by atoms with Gasteiger partial charge in [-0.1, -0.05) is 13.3 Å². The summed E-state index contributed by atoms with van der Waals surface area (Å²) < 4.78 is 10.9. The largest absolute Gasteiger partial charge is 0.458 e. The lowest BCUT2D eigenvalue weighted by Crippen LogP contribution is -2.52. The van der Waals surface area contributed by atoms with Gasteiger partial charge < -0.3 is 14.6 Å². The highest BCUT2D eigenvalue weighted by molar-refractivity contribution is 5.83. The van der Waals surface area contributed by atoms with E-state index in [0.717, 1.165) is 6.42 Å². The normalized spacial score (nSPS) is 22.0. The van der Waals surface area contributed by atoms with Crippen molar-refractivity contribution in [1.29, 1.82) is 0 Å².